The van der Waals surface area contributed by atoms with Crippen LogP contribution in [-0.4, -0.2) is 23.0 Å². The summed E-state index contributed by atoms with van der Waals surface area (Å²) in [6.07, 6.45) is 1.28. The minimum Gasteiger partial charge on any atom is -0.468 e. The number of hydrogen-bond acceptors (Lipinski definition) is 4. The van der Waals surface area contributed by atoms with Crippen LogP contribution in [0, 0.1) is 0 Å². The molecule has 0 unspecified atom stereocenters. The molecule has 16 heavy (non-hydrogen) atoms. The Hall–Kier alpha value is -2.17. The number of benzene rings is 1. The zero-order chi connectivity index (χ0) is 11.8. The van der Waals surface area contributed by atoms with Crippen molar-refractivity contribution in [3.63, 3.8) is 0 Å². The first kappa shape index (κ1) is 11.9. The van der Waals surface area contributed by atoms with Crippen LogP contribution in [0.2, 0.25) is 0 Å². The van der Waals surface area contributed by atoms with Crippen LogP contribution in [0.3, 0.4) is 0 Å². The molecule has 1 aromatic carbocycles. The van der Waals surface area contributed by atoms with E-state index in [-0.39, 0.29) is 5.56 Å². The molecule has 0 atom stereocenters. The molecule has 0 radical (unpaired) electrons. The molecule has 0 aliphatic rings. The number of rotatable bonds is 2. The summed E-state index contributed by atoms with van der Waals surface area (Å²) in [5.41, 5.74) is 1.43. The van der Waals surface area contributed by atoms with E-state index in [0.29, 0.717) is 13.1 Å². The normalized spacial score (nSPS) is 9.06. The number of aromatic amines is 1. The molecule has 5 nitrogen and oxygen atoms in total. The second-order valence-electron chi connectivity index (χ2n) is 2.82. The van der Waals surface area contributed by atoms with Crippen molar-refractivity contribution in [3.05, 3.63) is 40.8 Å². The van der Waals surface area contributed by atoms with Gasteiger partial charge in [0.2, 0.25) is 0 Å². The number of carbonyl (C=O) groups is 1. The predicted octanol–water partition coefficient (Wildman–Crippen LogP) is 1.10. The highest BCUT2D eigenvalue weighted by Crippen LogP contribution is 2.02. The van der Waals surface area contributed by atoms with Crippen LogP contribution in [0.25, 0.3) is 11.0 Å². The molecule has 0 saturated heterocycles. The molecule has 5 heteroatoms. The summed E-state index contributed by atoms with van der Waals surface area (Å²) in [6, 6.07) is 7.42. The fourth-order valence-electron chi connectivity index (χ4n) is 1.05. The number of para-hydroxylation sites is 2. The van der Waals surface area contributed by atoms with Gasteiger partial charge in [-0.15, -0.1) is 0 Å². The minimum atomic E-state index is -0.163. The zero-order valence-electron chi connectivity index (χ0n) is 8.84. The number of nitrogens with one attached hydrogen (secondary N) is 1. The summed E-state index contributed by atoms with van der Waals surface area (Å²) in [5, 5.41) is 0. The van der Waals surface area contributed by atoms with Gasteiger partial charge in [-0.1, -0.05) is 12.1 Å². The van der Waals surface area contributed by atoms with Gasteiger partial charge in [-0.2, -0.15) is 0 Å². The summed E-state index contributed by atoms with van der Waals surface area (Å²) in [6.45, 7) is 2.66. The van der Waals surface area contributed by atoms with Gasteiger partial charge >= 0.3 is 0 Å². The quantitative estimate of drug-likeness (QED) is 0.769. The Balaban J connectivity index is 0.000000221. The Kier molecular flexibility index (Phi) is 4.72. The maximum Gasteiger partial charge on any atom is 0.293 e. The smallest absolute Gasteiger partial charge is 0.293 e. The third kappa shape index (κ3) is 3.53. The lowest BCUT2D eigenvalue weighted by Gasteiger charge is -1.92. The second kappa shape index (κ2) is 6.34. The molecule has 0 bridgehead atoms. The Morgan fingerprint density at radius 2 is 2.19 bits per heavy atom. The molecule has 2 rings (SSSR count). The number of aromatic nitrogens is 2. The third-order valence-corrected chi connectivity index (χ3v) is 1.72. The van der Waals surface area contributed by atoms with Crippen molar-refractivity contribution in [3.8, 4) is 0 Å². The van der Waals surface area contributed by atoms with E-state index in [1.165, 1.54) is 6.20 Å². The molecule has 0 aliphatic carbocycles. The van der Waals surface area contributed by atoms with E-state index in [9.17, 15) is 9.59 Å². The van der Waals surface area contributed by atoms with Crippen LogP contribution in [0.15, 0.2) is 35.3 Å². The molecule has 2 aromatic rings. The number of hydrogen-bond donors (Lipinski definition) is 1. The summed E-state index contributed by atoms with van der Waals surface area (Å²) >= 11 is 0. The highest BCUT2D eigenvalue weighted by molar-refractivity contribution is 5.72. The van der Waals surface area contributed by atoms with Crippen molar-refractivity contribution in [1.29, 1.82) is 0 Å². The van der Waals surface area contributed by atoms with Gasteiger partial charge < -0.3 is 9.72 Å². The van der Waals surface area contributed by atoms with Gasteiger partial charge in [0.25, 0.3) is 12.0 Å². The van der Waals surface area contributed by atoms with Crippen molar-refractivity contribution < 1.29 is 9.53 Å². The molecule has 1 N–H and O–H groups in total. The Bertz CT molecular complexity index is 508. The monoisotopic (exact) mass is 220 g/mol. The number of nitrogens with zero attached hydrogens (tertiary/aromatic N) is 1. The Morgan fingerprint density at radius 1 is 1.44 bits per heavy atom. The molecule has 1 heterocycles. The fourth-order valence-corrected chi connectivity index (χ4v) is 1.05. The van der Waals surface area contributed by atoms with Gasteiger partial charge in [0.1, 0.15) is 0 Å². The lowest BCUT2D eigenvalue weighted by atomic mass is 10.3. The Labute approximate surface area is 92.1 Å². The van der Waals surface area contributed by atoms with Crippen LogP contribution in [0.4, 0.5) is 0 Å². The highest BCUT2D eigenvalue weighted by atomic mass is 16.5. The van der Waals surface area contributed by atoms with E-state index >= 15 is 0 Å². The van der Waals surface area contributed by atoms with Crippen LogP contribution >= 0.6 is 0 Å². The summed E-state index contributed by atoms with van der Waals surface area (Å²) in [7, 11) is 0. The van der Waals surface area contributed by atoms with Gasteiger partial charge in [0.05, 0.1) is 23.8 Å². The molecule has 0 spiro atoms. The van der Waals surface area contributed by atoms with Gasteiger partial charge in [-0.3, -0.25) is 9.59 Å². The largest absolute Gasteiger partial charge is 0.468 e. The predicted molar refractivity (Wildman–Crippen MR) is 60.1 cm³/mol. The van der Waals surface area contributed by atoms with E-state index in [4.69, 9.17) is 0 Å². The number of carbonyl (C=O) groups excluding carboxylic acids is 1. The zero-order valence-corrected chi connectivity index (χ0v) is 8.84. The molecule has 0 amide bonds. The van der Waals surface area contributed by atoms with Gasteiger partial charge in [-0.05, 0) is 19.1 Å². The lowest BCUT2D eigenvalue weighted by molar-refractivity contribution is -0.128. The number of fused-ring (bicyclic) bond motifs is 1. The molecular formula is C11H12N2O3. The fraction of sp³-hybridized carbons (Fsp3) is 0.182. The standard InChI is InChI=1S/C8H6N2O.C3H6O2/c11-8-5-9-6-3-1-2-4-7(6)10-8;1-2-5-3-4/h1-5H,(H,10,11);3H,2H2,1H3. The summed E-state index contributed by atoms with van der Waals surface area (Å²) < 4.78 is 4.15. The van der Waals surface area contributed by atoms with Gasteiger partial charge in [0, 0.05) is 0 Å². The third-order valence-electron chi connectivity index (χ3n) is 1.72. The number of H-pyrrole nitrogens is 1. The average molecular weight is 220 g/mol. The van der Waals surface area contributed by atoms with Crippen LogP contribution in [0.5, 0.6) is 0 Å². The first-order valence-electron chi connectivity index (χ1n) is 4.77. The molecule has 1 aromatic heterocycles. The maximum atomic E-state index is 10.8. The average Bonchev–Trinajstić information content (AvgIpc) is 2.31. The van der Waals surface area contributed by atoms with Crippen molar-refractivity contribution in [2.45, 2.75) is 6.92 Å². The summed E-state index contributed by atoms with van der Waals surface area (Å²) in [4.78, 5) is 26.6. The van der Waals surface area contributed by atoms with E-state index in [0.717, 1.165) is 11.0 Å². The first-order chi connectivity index (χ1) is 7.77. The molecule has 0 aliphatic heterocycles. The van der Waals surface area contributed by atoms with Crippen molar-refractivity contribution >= 4 is 17.5 Å². The van der Waals surface area contributed by atoms with Crippen molar-refractivity contribution in [2.75, 3.05) is 6.61 Å². The first-order valence-corrected chi connectivity index (χ1v) is 4.77. The van der Waals surface area contributed by atoms with Crippen LogP contribution in [-0.2, 0) is 9.53 Å². The van der Waals surface area contributed by atoms with Gasteiger partial charge in [-0.25, -0.2) is 4.98 Å². The minimum absolute atomic E-state index is 0.163. The maximum absolute atomic E-state index is 10.8. The topological polar surface area (TPSA) is 72.1 Å². The highest BCUT2D eigenvalue weighted by Gasteiger charge is 1.90. The van der Waals surface area contributed by atoms with E-state index in [1.807, 2.05) is 24.3 Å². The van der Waals surface area contributed by atoms with Crippen LogP contribution in [0.1, 0.15) is 6.92 Å². The SMILES string of the molecule is CCOC=O.O=c1cnc2ccccc2[nH]1. The number of ether oxygens (including phenoxy) is 1. The molecule has 0 saturated carbocycles. The van der Waals surface area contributed by atoms with E-state index in [1.54, 1.807) is 6.92 Å². The van der Waals surface area contributed by atoms with Crippen LogP contribution < -0.4 is 5.56 Å². The van der Waals surface area contributed by atoms with E-state index < -0.39 is 0 Å². The van der Waals surface area contributed by atoms with Crippen molar-refractivity contribution in [2.24, 2.45) is 0 Å². The molecule has 0 fully saturated rings. The van der Waals surface area contributed by atoms with Gasteiger partial charge in [0.15, 0.2) is 0 Å². The second-order valence-corrected chi connectivity index (χ2v) is 2.82. The van der Waals surface area contributed by atoms with Crippen molar-refractivity contribution in [1.82, 2.24) is 9.97 Å². The molecule has 84 valence electrons. The summed E-state index contributed by atoms with van der Waals surface area (Å²) in [5.74, 6) is 0. The lowest BCUT2D eigenvalue weighted by Crippen LogP contribution is -2.04. The Morgan fingerprint density at radius 3 is 2.81 bits per heavy atom. The molecular weight excluding hydrogens is 208 g/mol. The van der Waals surface area contributed by atoms with E-state index in [2.05, 4.69) is 14.7 Å².